The average Bonchev–Trinajstić information content (AvgIpc) is 3.32. The lowest BCUT2D eigenvalue weighted by Crippen LogP contribution is -2.50. The van der Waals surface area contributed by atoms with Crippen LogP contribution in [-0.4, -0.2) is 70.5 Å². The normalized spacial score (nSPS) is 22.4. The molecule has 134 valence electrons. The highest BCUT2D eigenvalue weighted by Crippen LogP contribution is 2.22. The first-order valence-electron chi connectivity index (χ1n) is 8.63. The molecule has 0 saturated carbocycles. The summed E-state index contributed by atoms with van der Waals surface area (Å²) < 4.78 is 7.60. The summed E-state index contributed by atoms with van der Waals surface area (Å²) >= 11 is 7.68. The van der Waals surface area contributed by atoms with Crippen LogP contribution in [0.5, 0.6) is 0 Å². The summed E-state index contributed by atoms with van der Waals surface area (Å²) in [7, 11) is 0. The zero-order valence-corrected chi connectivity index (χ0v) is 15.5. The molecule has 0 radical (unpaired) electrons. The van der Waals surface area contributed by atoms with Crippen LogP contribution in [0.15, 0.2) is 17.7 Å². The number of halogens is 1. The molecule has 2 aromatic heterocycles. The van der Waals surface area contributed by atoms with Gasteiger partial charge in [-0.1, -0.05) is 11.6 Å². The molecular weight excluding hydrogens is 360 g/mol. The van der Waals surface area contributed by atoms with Gasteiger partial charge in [0.1, 0.15) is 0 Å². The molecule has 0 bridgehead atoms. The molecular formula is C17H21ClN4O2S. The van der Waals surface area contributed by atoms with Crippen LogP contribution < -0.4 is 0 Å². The maximum Gasteiger partial charge on any atom is 0.246 e. The maximum atomic E-state index is 12.5. The first kappa shape index (κ1) is 17.0. The lowest BCUT2D eigenvalue weighted by molar-refractivity contribution is -0.127. The molecule has 0 N–H and O–H groups in total. The highest BCUT2D eigenvalue weighted by atomic mass is 35.5. The molecule has 1 atom stereocenters. The summed E-state index contributed by atoms with van der Waals surface area (Å²) in [6, 6.07) is 0. The van der Waals surface area contributed by atoms with Crippen molar-refractivity contribution in [3.05, 3.63) is 28.5 Å². The second kappa shape index (κ2) is 7.45. The quantitative estimate of drug-likeness (QED) is 0.764. The predicted molar refractivity (Wildman–Crippen MR) is 99.1 cm³/mol. The number of aromatic nitrogens is 2. The Kier molecular flexibility index (Phi) is 5.08. The van der Waals surface area contributed by atoms with Gasteiger partial charge in [0, 0.05) is 57.0 Å². The number of hydrogen-bond acceptors (Lipinski definition) is 5. The van der Waals surface area contributed by atoms with Gasteiger partial charge in [0.2, 0.25) is 5.91 Å². The van der Waals surface area contributed by atoms with Crippen LogP contribution in [-0.2, 0) is 9.53 Å². The lowest BCUT2D eigenvalue weighted by atomic mass is 10.2. The molecule has 4 rings (SSSR count). The summed E-state index contributed by atoms with van der Waals surface area (Å²) in [5.74, 6) is 0.0259. The van der Waals surface area contributed by atoms with Gasteiger partial charge in [-0.05, 0) is 18.9 Å². The molecule has 4 heterocycles. The number of ether oxygens (including phenoxy) is 1. The molecule has 2 aliphatic rings. The molecule has 2 aliphatic heterocycles. The number of carbonyl (C=O) groups excluding carboxylic acids is 1. The van der Waals surface area contributed by atoms with Gasteiger partial charge < -0.3 is 9.64 Å². The van der Waals surface area contributed by atoms with E-state index in [1.807, 2.05) is 20.9 Å². The number of nitrogens with zero attached hydrogens (tertiary/aromatic N) is 4. The summed E-state index contributed by atoms with van der Waals surface area (Å²) in [6.45, 7) is 5.19. The van der Waals surface area contributed by atoms with Gasteiger partial charge in [-0.25, -0.2) is 4.98 Å². The molecule has 6 nitrogen and oxygen atoms in total. The number of thiazole rings is 1. The van der Waals surface area contributed by atoms with E-state index in [1.165, 1.54) is 17.8 Å². The van der Waals surface area contributed by atoms with E-state index in [0.717, 1.165) is 56.4 Å². The third-order valence-corrected chi connectivity index (χ3v) is 5.84. The minimum Gasteiger partial charge on any atom is -0.377 e. The standard InChI is InChI=1S/C17H21ClN4O2S/c18-16-14(22-9-11-25-17(22)19-16)3-4-15(23)21-7-5-20(6-8-21)12-13-2-1-10-24-13/h3-4,9,11,13H,1-2,5-8,10,12H2/b4-3+/t13-/m0/s1. The van der Waals surface area contributed by atoms with Gasteiger partial charge in [-0.2, -0.15) is 0 Å². The van der Waals surface area contributed by atoms with Gasteiger partial charge in [0.15, 0.2) is 10.1 Å². The average molecular weight is 381 g/mol. The van der Waals surface area contributed by atoms with Crippen molar-refractivity contribution in [3.8, 4) is 0 Å². The molecule has 0 unspecified atom stereocenters. The van der Waals surface area contributed by atoms with Crippen molar-refractivity contribution in [2.45, 2.75) is 18.9 Å². The van der Waals surface area contributed by atoms with E-state index in [4.69, 9.17) is 16.3 Å². The van der Waals surface area contributed by atoms with E-state index in [0.29, 0.717) is 11.3 Å². The number of hydrogen-bond donors (Lipinski definition) is 0. The summed E-state index contributed by atoms with van der Waals surface area (Å²) in [5, 5.41) is 2.38. The highest BCUT2D eigenvalue weighted by Gasteiger charge is 2.24. The fourth-order valence-electron chi connectivity index (χ4n) is 3.41. The maximum absolute atomic E-state index is 12.5. The third kappa shape index (κ3) is 3.74. The zero-order valence-electron chi connectivity index (χ0n) is 13.9. The molecule has 2 saturated heterocycles. The number of fused-ring (bicyclic) bond motifs is 1. The number of piperazine rings is 1. The van der Waals surface area contributed by atoms with Crippen molar-refractivity contribution < 1.29 is 9.53 Å². The minimum atomic E-state index is 0.0259. The monoisotopic (exact) mass is 380 g/mol. The Hall–Kier alpha value is -1.41. The highest BCUT2D eigenvalue weighted by molar-refractivity contribution is 7.15. The summed E-state index contributed by atoms with van der Waals surface area (Å²) in [6.07, 6.45) is 7.97. The lowest BCUT2D eigenvalue weighted by Gasteiger charge is -2.35. The zero-order chi connectivity index (χ0) is 17.2. The SMILES string of the molecule is O=C(/C=C/c1c(Cl)nc2sccn12)N1CCN(C[C@@H]2CCCO2)CC1. The van der Waals surface area contributed by atoms with Gasteiger partial charge >= 0.3 is 0 Å². The molecule has 0 aromatic carbocycles. The molecule has 2 aromatic rings. The Balaban J connectivity index is 1.33. The molecule has 25 heavy (non-hydrogen) atoms. The Morgan fingerprint density at radius 2 is 2.24 bits per heavy atom. The van der Waals surface area contributed by atoms with Crippen molar-refractivity contribution in [2.24, 2.45) is 0 Å². The minimum absolute atomic E-state index is 0.0259. The summed E-state index contributed by atoms with van der Waals surface area (Å²) in [4.78, 5) is 21.8. The Labute approximate surface area is 155 Å². The van der Waals surface area contributed by atoms with Gasteiger partial charge in [0.25, 0.3) is 0 Å². The van der Waals surface area contributed by atoms with Crippen LogP contribution in [0.2, 0.25) is 5.15 Å². The number of rotatable bonds is 4. The van der Waals surface area contributed by atoms with E-state index in [2.05, 4.69) is 9.88 Å². The van der Waals surface area contributed by atoms with E-state index in [-0.39, 0.29) is 5.91 Å². The topological polar surface area (TPSA) is 50.1 Å². The van der Waals surface area contributed by atoms with Crippen molar-refractivity contribution in [3.63, 3.8) is 0 Å². The largest absolute Gasteiger partial charge is 0.377 e. The van der Waals surface area contributed by atoms with Crippen LogP contribution in [0.3, 0.4) is 0 Å². The first-order chi connectivity index (χ1) is 12.2. The van der Waals surface area contributed by atoms with Crippen LogP contribution in [0.4, 0.5) is 0 Å². The van der Waals surface area contributed by atoms with E-state index >= 15 is 0 Å². The van der Waals surface area contributed by atoms with Gasteiger partial charge in [-0.15, -0.1) is 11.3 Å². The van der Waals surface area contributed by atoms with Crippen LogP contribution >= 0.6 is 22.9 Å². The Morgan fingerprint density at radius 1 is 1.40 bits per heavy atom. The third-order valence-electron chi connectivity index (χ3n) is 4.81. The summed E-state index contributed by atoms with van der Waals surface area (Å²) in [5.41, 5.74) is 0.753. The van der Waals surface area contributed by atoms with Crippen molar-refractivity contribution >= 4 is 39.9 Å². The van der Waals surface area contributed by atoms with Crippen molar-refractivity contribution in [1.82, 2.24) is 19.2 Å². The predicted octanol–water partition coefficient (Wildman–Crippen LogP) is 2.39. The molecule has 2 fully saturated rings. The fraction of sp³-hybridized carbons (Fsp3) is 0.529. The molecule has 0 aliphatic carbocycles. The van der Waals surface area contributed by atoms with E-state index < -0.39 is 0 Å². The molecule has 1 amide bonds. The van der Waals surface area contributed by atoms with Crippen LogP contribution in [0, 0.1) is 0 Å². The second-order valence-corrected chi connectivity index (χ2v) is 7.67. The van der Waals surface area contributed by atoms with Crippen LogP contribution in [0.25, 0.3) is 11.0 Å². The number of amides is 1. The Morgan fingerprint density at radius 3 is 3.00 bits per heavy atom. The van der Waals surface area contributed by atoms with E-state index in [1.54, 1.807) is 12.2 Å². The van der Waals surface area contributed by atoms with Crippen LogP contribution in [0.1, 0.15) is 18.5 Å². The molecule has 0 spiro atoms. The van der Waals surface area contributed by atoms with Crippen molar-refractivity contribution in [1.29, 1.82) is 0 Å². The van der Waals surface area contributed by atoms with Gasteiger partial charge in [0.05, 0.1) is 11.8 Å². The first-order valence-corrected chi connectivity index (χ1v) is 9.88. The smallest absolute Gasteiger partial charge is 0.246 e. The number of imidazole rings is 1. The Bertz CT molecular complexity index is 773. The number of carbonyl (C=O) groups is 1. The van der Waals surface area contributed by atoms with Crippen molar-refractivity contribution in [2.75, 3.05) is 39.3 Å². The fourth-order valence-corrected chi connectivity index (χ4v) is 4.41. The second-order valence-electron chi connectivity index (χ2n) is 6.44. The van der Waals surface area contributed by atoms with E-state index in [9.17, 15) is 4.79 Å². The molecule has 8 heteroatoms. The van der Waals surface area contributed by atoms with Gasteiger partial charge in [-0.3, -0.25) is 14.1 Å².